The summed E-state index contributed by atoms with van der Waals surface area (Å²) < 4.78 is 8.81. The van der Waals surface area contributed by atoms with E-state index in [-0.39, 0.29) is 11.6 Å². The molecule has 5 N–H and O–H groups in total. The van der Waals surface area contributed by atoms with E-state index in [1.165, 1.54) is 0 Å². The van der Waals surface area contributed by atoms with Gasteiger partial charge in [0.05, 0.1) is 0 Å². The van der Waals surface area contributed by atoms with E-state index in [0.29, 0.717) is 27.9 Å². The molecule has 1 heterocycles. The number of nitrogens with zero attached hydrogens (tertiary/aromatic N) is 2. The first-order chi connectivity index (χ1) is 15.6. The monoisotopic (exact) mass is 504 g/mol. The lowest BCUT2D eigenvalue weighted by molar-refractivity contribution is 0.0460. The fourth-order valence-corrected chi connectivity index (χ4v) is 3.94. The van der Waals surface area contributed by atoms with E-state index in [0.717, 1.165) is 22.8 Å². The fraction of sp³-hybridized carbons (Fsp3) is 0.190. The van der Waals surface area contributed by atoms with Crippen molar-refractivity contribution in [2.24, 2.45) is 5.73 Å². The molecule has 0 saturated heterocycles. The van der Waals surface area contributed by atoms with Crippen LogP contribution >= 0.6 is 35.4 Å². The summed E-state index contributed by atoms with van der Waals surface area (Å²) in [5.74, 6) is -0.331. The van der Waals surface area contributed by atoms with Crippen molar-refractivity contribution in [1.82, 2.24) is 9.59 Å². The first-order valence-electron chi connectivity index (χ1n) is 9.64. The van der Waals surface area contributed by atoms with E-state index in [9.17, 15) is 9.59 Å². The minimum absolute atomic E-state index is 0.262. The highest BCUT2D eigenvalue weighted by atomic mass is 35.5. The Morgan fingerprint density at radius 1 is 1.09 bits per heavy atom. The van der Waals surface area contributed by atoms with Gasteiger partial charge in [-0.05, 0) is 85.6 Å². The summed E-state index contributed by atoms with van der Waals surface area (Å²) in [7, 11) is 0. The van der Waals surface area contributed by atoms with Crippen LogP contribution in [-0.4, -0.2) is 32.3 Å². The molecule has 0 fully saturated rings. The third kappa shape index (κ3) is 7.67. The van der Waals surface area contributed by atoms with Crippen LogP contribution in [-0.2, 0) is 11.2 Å². The normalized spacial score (nSPS) is 10.9. The Bertz CT molecular complexity index is 1150. The van der Waals surface area contributed by atoms with E-state index >= 15 is 0 Å². The number of anilines is 3. The van der Waals surface area contributed by atoms with Gasteiger partial charge >= 0.3 is 6.09 Å². The second kappa shape index (κ2) is 10.6. The number of amides is 2. The smallest absolute Gasteiger partial charge is 0.405 e. The van der Waals surface area contributed by atoms with E-state index in [2.05, 4.69) is 25.5 Å². The third-order valence-electron chi connectivity index (χ3n) is 4.22. The molecule has 0 unspecified atom stereocenters. The Morgan fingerprint density at radius 2 is 1.73 bits per heavy atom. The summed E-state index contributed by atoms with van der Waals surface area (Å²) in [5.41, 5.74) is 7.45. The maximum Gasteiger partial charge on any atom is 0.405 e. The van der Waals surface area contributed by atoms with Crippen molar-refractivity contribution in [3.8, 4) is 0 Å². The number of benzene rings is 2. The van der Waals surface area contributed by atoms with E-state index in [1.807, 2.05) is 6.07 Å². The third-order valence-corrected chi connectivity index (χ3v) is 5.14. The van der Waals surface area contributed by atoms with Gasteiger partial charge in [0.1, 0.15) is 5.60 Å². The number of halogens is 1. The molecule has 3 rings (SSSR count). The van der Waals surface area contributed by atoms with Crippen molar-refractivity contribution < 1.29 is 14.3 Å². The number of primary amides is 1. The molecule has 0 aliphatic heterocycles. The average Bonchev–Trinajstić information content (AvgIpc) is 3.22. The number of ether oxygens (including phenoxy) is 1. The lowest BCUT2D eigenvalue weighted by Crippen LogP contribution is -2.33. The Labute approximate surface area is 204 Å². The van der Waals surface area contributed by atoms with Crippen molar-refractivity contribution >= 4 is 69.5 Å². The Morgan fingerprint density at radius 3 is 2.33 bits per heavy atom. The van der Waals surface area contributed by atoms with Crippen LogP contribution < -0.4 is 21.7 Å². The molecule has 0 saturated carbocycles. The van der Waals surface area contributed by atoms with Crippen molar-refractivity contribution in [2.45, 2.75) is 25.9 Å². The molecule has 1 aromatic heterocycles. The highest BCUT2D eigenvalue weighted by Gasteiger charge is 2.22. The molecule has 0 bridgehead atoms. The van der Waals surface area contributed by atoms with Crippen molar-refractivity contribution in [1.29, 1.82) is 0 Å². The van der Waals surface area contributed by atoms with Gasteiger partial charge in [0, 0.05) is 33.9 Å². The van der Waals surface area contributed by atoms with Crippen LogP contribution in [0.25, 0.3) is 0 Å². The fourth-order valence-electron chi connectivity index (χ4n) is 3.01. The largest absolute Gasteiger partial charge is 0.443 e. The quantitative estimate of drug-likeness (QED) is 0.341. The molecule has 3 aromatic rings. The number of nitrogens with two attached hydrogens (primary N) is 1. The van der Waals surface area contributed by atoms with Gasteiger partial charge in [-0.2, -0.15) is 0 Å². The van der Waals surface area contributed by atoms with Gasteiger partial charge in [0.25, 0.3) is 5.91 Å². The molecule has 0 aliphatic rings. The first-order valence-corrected chi connectivity index (χ1v) is 11.3. The number of carbonyl (C=O) groups excluding carboxylic acids is 2. The van der Waals surface area contributed by atoms with Crippen molar-refractivity contribution in [3.63, 3.8) is 0 Å². The van der Waals surface area contributed by atoms with Gasteiger partial charge in [-0.3, -0.25) is 4.79 Å². The summed E-state index contributed by atoms with van der Waals surface area (Å²) in [5, 5.41) is 15.1. The lowest BCUT2D eigenvalue weighted by Gasteiger charge is -2.24. The van der Waals surface area contributed by atoms with E-state index in [4.69, 9.17) is 34.3 Å². The molecule has 0 radical (unpaired) electrons. The Kier molecular flexibility index (Phi) is 7.79. The molecule has 12 heteroatoms. The maximum atomic E-state index is 12.0. The number of hydrogen-bond donors (Lipinski definition) is 4. The second-order valence-electron chi connectivity index (χ2n) is 7.61. The van der Waals surface area contributed by atoms with Gasteiger partial charge in [-0.25, -0.2) is 4.79 Å². The van der Waals surface area contributed by atoms with Crippen LogP contribution in [0.1, 0.15) is 29.9 Å². The Hall–Kier alpha value is -3.28. The number of thiocarbonyl (C=S) groups is 1. The SMILES string of the molecule is CC(C)(Cc1cc(Cl)cc(NC(=S)Nc2ccc(NC(=O)c3csnn3)cc2)c1)OC(N)=O. The predicted octanol–water partition coefficient (Wildman–Crippen LogP) is 4.67. The van der Waals surface area contributed by atoms with Gasteiger partial charge in [-0.1, -0.05) is 16.1 Å². The first kappa shape index (κ1) is 24.4. The number of rotatable bonds is 7. The topological polar surface area (TPSA) is 131 Å². The zero-order valence-electron chi connectivity index (χ0n) is 17.7. The van der Waals surface area contributed by atoms with Crippen LogP contribution in [0, 0.1) is 0 Å². The number of hydrogen-bond acceptors (Lipinski definition) is 7. The molecule has 0 spiro atoms. The van der Waals surface area contributed by atoms with Gasteiger partial charge < -0.3 is 26.4 Å². The predicted molar refractivity (Wildman–Crippen MR) is 134 cm³/mol. The highest BCUT2D eigenvalue weighted by Crippen LogP contribution is 2.24. The van der Waals surface area contributed by atoms with E-state index in [1.54, 1.807) is 55.6 Å². The molecule has 0 atom stereocenters. The molecule has 33 heavy (non-hydrogen) atoms. The van der Waals surface area contributed by atoms with Crippen molar-refractivity contribution in [3.05, 3.63) is 64.1 Å². The van der Waals surface area contributed by atoms with Crippen LogP contribution in [0.4, 0.5) is 21.9 Å². The van der Waals surface area contributed by atoms with Gasteiger partial charge in [0.2, 0.25) is 0 Å². The number of aromatic nitrogens is 2. The Balaban J connectivity index is 1.59. The molecule has 172 valence electrons. The molecule has 9 nitrogen and oxygen atoms in total. The summed E-state index contributed by atoms with van der Waals surface area (Å²) in [6.45, 7) is 3.52. The number of nitrogens with one attached hydrogen (secondary N) is 3. The zero-order chi connectivity index (χ0) is 24.0. The number of carbonyl (C=O) groups is 2. The minimum Gasteiger partial charge on any atom is -0.443 e. The van der Waals surface area contributed by atoms with Crippen LogP contribution in [0.3, 0.4) is 0 Å². The average molecular weight is 505 g/mol. The van der Waals surface area contributed by atoms with Gasteiger partial charge in [-0.15, -0.1) is 5.10 Å². The second-order valence-corrected chi connectivity index (χ2v) is 9.06. The summed E-state index contributed by atoms with van der Waals surface area (Å²) in [4.78, 5) is 23.1. The van der Waals surface area contributed by atoms with Crippen LogP contribution in [0.5, 0.6) is 0 Å². The lowest BCUT2D eigenvalue weighted by atomic mass is 9.98. The molecule has 2 aromatic carbocycles. The summed E-state index contributed by atoms with van der Waals surface area (Å²) in [6.07, 6.45) is -0.424. The minimum atomic E-state index is -0.837. The summed E-state index contributed by atoms with van der Waals surface area (Å²) >= 11 is 12.7. The zero-order valence-corrected chi connectivity index (χ0v) is 20.1. The molecular formula is C21H21ClN6O3S2. The summed E-state index contributed by atoms with van der Waals surface area (Å²) in [6, 6.07) is 12.4. The molecule has 2 amide bonds. The van der Waals surface area contributed by atoms with Crippen LogP contribution in [0.15, 0.2) is 47.8 Å². The molecule has 0 aliphatic carbocycles. The van der Waals surface area contributed by atoms with Crippen LogP contribution in [0.2, 0.25) is 5.02 Å². The van der Waals surface area contributed by atoms with Gasteiger partial charge in [0.15, 0.2) is 10.8 Å². The maximum absolute atomic E-state index is 12.0. The standard InChI is InChI=1S/C21H21ClN6O3S2/c1-21(2,31-19(23)30)10-12-7-13(22)9-16(8-12)26-20(32)25-15-5-3-14(4-6-15)24-18(29)17-11-33-28-27-17/h3-9,11H,10H2,1-2H3,(H2,23,30)(H,24,29)(H2,25,26,32). The molecular weight excluding hydrogens is 484 g/mol. The van der Waals surface area contributed by atoms with Crippen molar-refractivity contribution in [2.75, 3.05) is 16.0 Å². The van der Waals surface area contributed by atoms with E-state index < -0.39 is 11.7 Å². The highest BCUT2D eigenvalue weighted by molar-refractivity contribution is 7.80.